The van der Waals surface area contributed by atoms with Gasteiger partial charge >= 0.3 is 6.18 Å². The fourth-order valence-corrected chi connectivity index (χ4v) is 0.782. The lowest BCUT2D eigenvalue weighted by Gasteiger charge is -2.25. The number of alkyl halides is 3. The Morgan fingerprint density at radius 2 is 1.81 bits per heavy atom. The molecule has 4 nitrogen and oxygen atoms in total. The highest BCUT2D eigenvalue weighted by molar-refractivity contribution is 5.79. The van der Waals surface area contributed by atoms with E-state index in [-0.39, 0.29) is 19.0 Å². The van der Waals surface area contributed by atoms with Gasteiger partial charge in [-0.2, -0.15) is 13.2 Å². The van der Waals surface area contributed by atoms with Crippen molar-refractivity contribution in [2.45, 2.75) is 12.3 Å². The molecular weight excluding hydrogens is 249 g/mol. The third kappa shape index (κ3) is 7.72. The summed E-state index contributed by atoms with van der Waals surface area (Å²) in [7, 11) is 5.41. The van der Waals surface area contributed by atoms with Gasteiger partial charge in [-0.05, 0) is 0 Å². The van der Waals surface area contributed by atoms with E-state index in [4.69, 9.17) is 0 Å². The van der Waals surface area contributed by atoms with Crippen molar-refractivity contribution in [3.05, 3.63) is 0 Å². The van der Waals surface area contributed by atoms with E-state index in [1.165, 1.54) is 0 Å². The van der Waals surface area contributed by atoms with Crippen LogP contribution in [0.3, 0.4) is 0 Å². The fraction of sp³-hybridized carbons (Fsp3) is 0.875. The molecule has 0 aliphatic rings. The van der Waals surface area contributed by atoms with Crippen LogP contribution in [0.5, 0.6) is 0 Å². The van der Waals surface area contributed by atoms with Crippen LogP contribution < -0.4 is 18.1 Å². The molecule has 0 fully saturated rings. The molecule has 0 aromatic carbocycles. The number of ether oxygens (including phenoxy) is 1. The van der Waals surface area contributed by atoms with Crippen molar-refractivity contribution >= 4 is 5.91 Å². The first-order valence-corrected chi connectivity index (χ1v) is 4.32. The van der Waals surface area contributed by atoms with Crippen molar-refractivity contribution in [3.8, 4) is 0 Å². The van der Waals surface area contributed by atoms with Gasteiger partial charge in [0, 0.05) is 0 Å². The Kier molecular flexibility index (Phi) is 6.99. The molecule has 2 N–H and O–H groups in total. The summed E-state index contributed by atoms with van der Waals surface area (Å²) in [6.07, 6.45) is -7.25. The number of halogens is 4. The minimum atomic E-state index is -4.74. The maximum Gasteiger partial charge on any atom is 0.423 e. The summed E-state index contributed by atoms with van der Waals surface area (Å²) >= 11 is 0. The molecule has 0 saturated carbocycles. The Hall–Kier alpha value is -0.530. The zero-order valence-corrected chi connectivity index (χ0v) is 10.1. The largest absolute Gasteiger partial charge is 1.00 e. The van der Waals surface area contributed by atoms with Crippen LogP contribution in [0, 0.1) is 0 Å². The monoisotopic (exact) mass is 264 g/mol. The maximum absolute atomic E-state index is 12.2. The van der Waals surface area contributed by atoms with Gasteiger partial charge in [-0.15, -0.1) is 0 Å². The lowest BCUT2D eigenvalue weighted by molar-refractivity contribution is -0.870. The minimum Gasteiger partial charge on any atom is -1.00 e. The minimum absolute atomic E-state index is 0. The number of rotatable bonds is 5. The zero-order chi connectivity index (χ0) is 12.3. The van der Waals surface area contributed by atoms with Crippen LogP contribution in [-0.4, -0.2) is 57.0 Å². The average Bonchev–Trinajstić information content (AvgIpc) is 1.92. The molecule has 0 heterocycles. The highest BCUT2D eigenvalue weighted by atomic mass is 35.5. The van der Waals surface area contributed by atoms with E-state index < -0.39 is 18.2 Å². The quantitative estimate of drug-likeness (QED) is 0.543. The van der Waals surface area contributed by atoms with E-state index in [0.29, 0.717) is 11.0 Å². The van der Waals surface area contributed by atoms with Crippen LogP contribution in [-0.2, 0) is 9.53 Å². The van der Waals surface area contributed by atoms with Gasteiger partial charge in [-0.25, -0.2) is 0 Å². The highest BCUT2D eigenvalue weighted by Crippen LogP contribution is 2.22. The van der Waals surface area contributed by atoms with Gasteiger partial charge in [-0.1, -0.05) is 0 Å². The number of hydrogen-bond donors (Lipinski definition) is 1. The number of primary amides is 1. The first-order chi connectivity index (χ1) is 6.54. The summed E-state index contributed by atoms with van der Waals surface area (Å²) < 4.78 is 41.4. The van der Waals surface area contributed by atoms with E-state index in [1.54, 1.807) is 21.1 Å². The second-order valence-corrected chi connectivity index (χ2v) is 4.21. The summed E-state index contributed by atoms with van der Waals surface area (Å²) in [5, 5.41) is 0. The Morgan fingerprint density at radius 1 is 1.38 bits per heavy atom. The van der Waals surface area contributed by atoms with Crippen molar-refractivity contribution in [1.82, 2.24) is 0 Å². The van der Waals surface area contributed by atoms with E-state index in [2.05, 4.69) is 10.5 Å². The molecule has 0 bridgehead atoms. The molecule has 8 heteroatoms. The van der Waals surface area contributed by atoms with Crippen molar-refractivity contribution in [1.29, 1.82) is 0 Å². The van der Waals surface area contributed by atoms with Gasteiger partial charge in [0.25, 0.3) is 5.91 Å². The molecule has 0 spiro atoms. The Balaban J connectivity index is 0. The van der Waals surface area contributed by atoms with E-state index >= 15 is 0 Å². The number of quaternary nitrogens is 1. The van der Waals surface area contributed by atoms with E-state index in [0.717, 1.165) is 0 Å². The molecule has 0 aliphatic heterocycles. The second-order valence-electron chi connectivity index (χ2n) is 4.21. The molecular formula is C8H16ClF3N2O2. The smallest absolute Gasteiger partial charge is 0.423 e. The van der Waals surface area contributed by atoms with Crippen LogP contribution in [0.25, 0.3) is 0 Å². The molecule has 16 heavy (non-hydrogen) atoms. The van der Waals surface area contributed by atoms with Gasteiger partial charge in [0.05, 0.1) is 27.7 Å². The fourth-order valence-electron chi connectivity index (χ4n) is 0.782. The summed E-state index contributed by atoms with van der Waals surface area (Å²) in [5.74, 6) is -1.51. The third-order valence-corrected chi connectivity index (χ3v) is 1.60. The first-order valence-electron chi connectivity index (χ1n) is 4.32. The van der Waals surface area contributed by atoms with Crippen LogP contribution in [0.1, 0.15) is 0 Å². The van der Waals surface area contributed by atoms with Gasteiger partial charge in [-0.3, -0.25) is 4.79 Å². The molecule has 1 unspecified atom stereocenters. The Morgan fingerprint density at radius 3 is 2.06 bits per heavy atom. The summed E-state index contributed by atoms with van der Waals surface area (Å²) in [4.78, 5) is 10.5. The molecule has 1 amide bonds. The standard InChI is InChI=1S/C8H15F3N2O2.ClH/c1-13(2,3)4-5-15-6(7(12)14)8(9,10)11;/h6H,4-5H2,1-3H3,(H-,12,14);1H. The molecule has 0 rings (SSSR count). The zero-order valence-electron chi connectivity index (χ0n) is 9.34. The van der Waals surface area contributed by atoms with Crippen LogP contribution in [0.2, 0.25) is 0 Å². The predicted molar refractivity (Wildman–Crippen MR) is 47.9 cm³/mol. The van der Waals surface area contributed by atoms with E-state index in [9.17, 15) is 18.0 Å². The van der Waals surface area contributed by atoms with Crippen molar-refractivity contribution < 1.29 is 39.6 Å². The number of hydrogen-bond acceptors (Lipinski definition) is 2. The van der Waals surface area contributed by atoms with Crippen molar-refractivity contribution in [2.75, 3.05) is 34.3 Å². The van der Waals surface area contributed by atoms with Crippen LogP contribution >= 0.6 is 0 Å². The normalized spacial score (nSPS) is 14.1. The first kappa shape index (κ1) is 17.9. The van der Waals surface area contributed by atoms with Gasteiger partial charge in [0.15, 0.2) is 0 Å². The van der Waals surface area contributed by atoms with Gasteiger partial charge < -0.3 is 27.4 Å². The van der Waals surface area contributed by atoms with Crippen molar-refractivity contribution in [2.24, 2.45) is 5.73 Å². The molecule has 0 aliphatic carbocycles. The number of carbonyl (C=O) groups excluding carboxylic acids is 1. The molecule has 0 saturated heterocycles. The number of carbonyl (C=O) groups is 1. The summed E-state index contributed by atoms with van der Waals surface area (Å²) in [6, 6.07) is 0. The maximum atomic E-state index is 12.2. The summed E-state index contributed by atoms with van der Waals surface area (Å²) in [6.45, 7) is 0.191. The van der Waals surface area contributed by atoms with Crippen LogP contribution in [0.4, 0.5) is 13.2 Å². The Bertz CT molecular complexity index is 228. The molecule has 0 aromatic heterocycles. The SMILES string of the molecule is C[N+](C)(C)CCOC(C(N)=O)C(F)(F)F.[Cl-]. The average molecular weight is 265 g/mol. The summed E-state index contributed by atoms with van der Waals surface area (Å²) in [5.41, 5.74) is 4.58. The third-order valence-electron chi connectivity index (χ3n) is 1.60. The van der Waals surface area contributed by atoms with Crippen molar-refractivity contribution in [3.63, 3.8) is 0 Å². The van der Waals surface area contributed by atoms with Gasteiger partial charge in [0.1, 0.15) is 6.54 Å². The molecule has 1 atom stereocenters. The lowest BCUT2D eigenvalue weighted by Crippen LogP contribution is -3.00. The number of nitrogens with zero attached hydrogens (tertiary/aromatic N) is 1. The molecule has 98 valence electrons. The Labute approximate surface area is 98.5 Å². The van der Waals surface area contributed by atoms with E-state index in [1.807, 2.05) is 0 Å². The lowest BCUT2D eigenvalue weighted by atomic mass is 10.3. The van der Waals surface area contributed by atoms with Gasteiger partial charge in [0.2, 0.25) is 6.10 Å². The second kappa shape index (κ2) is 6.27. The molecule has 0 radical (unpaired) electrons. The number of likely N-dealkylation sites (N-methyl/N-ethyl adjacent to an activating group) is 1. The molecule has 0 aromatic rings. The number of nitrogens with two attached hydrogens (primary N) is 1. The topological polar surface area (TPSA) is 52.3 Å². The van der Waals surface area contributed by atoms with Crippen LogP contribution in [0.15, 0.2) is 0 Å². The predicted octanol–water partition coefficient (Wildman–Crippen LogP) is -2.87. The number of amides is 1. The highest BCUT2D eigenvalue weighted by Gasteiger charge is 2.45.